The molecule has 1 aliphatic rings. The number of hydrogen-bond donors (Lipinski definition) is 1. The number of ketones is 1. The number of ether oxygens (including phenoxy) is 2. The molecule has 0 spiro atoms. The van der Waals surface area contributed by atoms with Gasteiger partial charge in [-0.3, -0.25) is 9.59 Å². The first-order valence-corrected chi connectivity index (χ1v) is 9.85. The number of methoxy groups -OCH3 is 2. The first kappa shape index (κ1) is 21.4. The van der Waals surface area contributed by atoms with Crippen LogP contribution in [0.5, 0.6) is 11.5 Å². The Morgan fingerprint density at radius 1 is 1.07 bits per heavy atom. The second kappa shape index (κ2) is 8.61. The van der Waals surface area contributed by atoms with Gasteiger partial charge < -0.3 is 19.5 Å². The van der Waals surface area contributed by atoms with Gasteiger partial charge >= 0.3 is 0 Å². The van der Waals surface area contributed by atoms with Crippen LogP contribution >= 0.6 is 0 Å². The van der Waals surface area contributed by atoms with E-state index in [-0.39, 0.29) is 17.3 Å². The average Bonchev–Trinajstić information content (AvgIpc) is 2.97. The molecule has 1 fully saturated rings. The maximum atomic E-state index is 13.0. The highest BCUT2D eigenvalue weighted by Gasteiger charge is 2.47. The number of aliphatic hydroxyl groups excluding tert-OH is 1. The van der Waals surface area contributed by atoms with Gasteiger partial charge in [0.1, 0.15) is 17.3 Å². The SMILES string of the molecule is COc1ccc(C2C(=C(O)c3ccc(C)cc3)C(=O)C(=O)N2CC(C)C)c(OC)c1. The smallest absolute Gasteiger partial charge is 0.295 e. The summed E-state index contributed by atoms with van der Waals surface area (Å²) in [5.74, 6) is -0.312. The van der Waals surface area contributed by atoms with Gasteiger partial charge in [-0.2, -0.15) is 0 Å². The molecule has 2 aromatic carbocycles. The van der Waals surface area contributed by atoms with Crippen LogP contribution in [0.3, 0.4) is 0 Å². The van der Waals surface area contributed by atoms with Crippen LogP contribution in [0.15, 0.2) is 48.0 Å². The van der Waals surface area contributed by atoms with Gasteiger partial charge in [-0.15, -0.1) is 0 Å². The standard InChI is InChI=1S/C24H27NO5/c1-14(2)13-25-21(18-11-10-17(29-4)12-19(18)30-5)20(23(27)24(25)28)22(26)16-8-6-15(3)7-9-16/h6-12,14,21,26H,13H2,1-5H3. The summed E-state index contributed by atoms with van der Waals surface area (Å²) in [6.45, 7) is 6.26. The third kappa shape index (κ3) is 3.90. The first-order valence-electron chi connectivity index (χ1n) is 9.85. The molecule has 6 nitrogen and oxygen atoms in total. The largest absolute Gasteiger partial charge is 0.507 e. The monoisotopic (exact) mass is 409 g/mol. The van der Waals surface area contributed by atoms with Gasteiger partial charge in [0, 0.05) is 23.7 Å². The third-order valence-corrected chi connectivity index (χ3v) is 5.16. The number of amides is 1. The molecule has 0 radical (unpaired) electrons. The fourth-order valence-corrected chi connectivity index (χ4v) is 3.70. The Kier molecular flexibility index (Phi) is 6.15. The van der Waals surface area contributed by atoms with Gasteiger partial charge in [-0.1, -0.05) is 43.7 Å². The molecule has 1 amide bonds. The number of hydrogen-bond acceptors (Lipinski definition) is 5. The molecule has 1 aliphatic heterocycles. The number of benzene rings is 2. The lowest BCUT2D eigenvalue weighted by molar-refractivity contribution is -0.140. The van der Waals surface area contributed by atoms with E-state index in [9.17, 15) is 14.7 Å². The molecule has 0 saturated carbocycles. The van der Waals surface area contributed by atoms with Gasteiger partial charge in [-0.25, -0.2) is 0 Å². The van der Waals surface area contributed by atoms with Gasteiger partial charge in [0.25, 0.3) is 11.7 Å². The lowest BCUT2D eigenvalue weighted by atomic mass is 9.94. The maximum absolute atomic E-state index is 13.0. The Morgan fingerprint density at radius 2 is 1.73 bits per heavy atom. The maximum Gasteiger partial charge on any atom is 0.295 e. The van der Waals surface area contributed by atoms with Crippen molar-refractivity contribution in [3.8, 4) is 11.5 Å². The molecule has 1 N–H and O–H groups in total. The number of likely N-dealkylation sites (tertiary alicyclic amines) is 1. The molecule has 158 valence electrons. The predicted molar refractivity (Wildman–Crippen MR) is 115 cm³/mol. The Bertz CT molecular complexity index is 991. The Morgan fingerprint density at radius 3 is 2.30 bits per heavy atom. The van der Waals surface area contributed by atoms with Crippen molar-refractivity contribution in [2.24, 2.45) is 5.92 Å². The molecule has 0 aliphatic carbocycles. The van der Waals surface area contributed by atoms with Gasteiger partial charge in [0.2, 0.25) is 0 Å². The van der Waals surface area contributed by atoms with Crippen LogP contribution < -0.4 is 9.47 Å². The summed E-state index contributed by atoms with van der Waals surface area (Å²) >= 11 is 0. The summed E-state index contributed by atoms with van der Waals surface area (Å²) in [7, 11) is 3.07. The highest BCUT2D eigenvalue weighted by Crippen LogP contribution is 2.43. The van der Waals surface area contributed by atoms with Crippen molar-refractivity contribution in [2.75, 3.05) is 20.8 Å². The number of aryl methyl sites for hydroxylation is 1. The third-order valence-electron chi connectivity index (χ3n) is 5.16. The van der Waals surface area contributed by atoms with Crippen LogP contribution in [0, 0.1) is 12.8 Å². The lowest BCUT2D eigenvalue weighted by Gasteiger charge is -2.28. The van der Waals surface area contributed by atoms with E-state index >= 15 is 0 Å². The average molecular weight is 409 g/mol. The normalized spacial score (nSPS) is 18.2. The molecule has 1 saturated heterocycles. The van der Waals surface area contributed by atoms with Crippen LogP contribution in [-0.4, -0.2) is 42.5 Å². The fraction of sp³-hybridized carbons (Fsp3) is 0.333. The van der Waals surface area contributed by atoms with E-state index in [0.29, 0.717) is 29.2 Å². The van der Waals surface area contributed by atoms with Crippen LogP contribution in [0.4, 0.5) is 0 Å². The fourth-order valence-electron chi connectivity index (χ4n) is 3.70. The predicted octanol–water partition coefficient (Wildman–Crippen LogP) is 4.09. The zero-order valence-corrected chi connectivity index (χ0v) is 17.9. The highest BCUT2D eigenvalue weighted by molar-refractivity contribution is 6.46. The minimum atomic E-state index is -0.755. The van der Waals surface area contributed by atoms with Crippen molar-refractivity contribution < 1.29 is 24.2 Å². The first-order chi connectivity index (χ1) is 14.3. The topological polar surface area (TPSA) is 76.1 Å². The van der Waals surface area contributed by atoms with E-state index < -0.39 is 17.7 Å². The number of nitrogens with zero attached hydrogens (tertiary/aromatic N) is 1. The number of aliphatic hydroxyl groups is 1. The van der Waals surface area contributed by atoms with Crippen LogP contribution in [-0.2, 0) is 9.59 Å². The summed E-state index contributed by atoms with van der Waals surface area (Å²) in [5, 5.41) is 11.1. The van der Waals surface area contributed by atoms with Gasteiger partial charge in [0.15, 0.2) is 0 Å². The summed E-state index contributed by atoms with van der Waals surface area (Å²) in [4.78, 5) is 27.4. The number of rotatable bonds is 6. The molecule has 1 unspecified atom stereocenters. The van der Waals surface area contributed by atoms with Crippen molar-refractivity contribution in [3.05, 3.63) is 64.7 Å². The van der Waals surface area contributed by atoms with Crippen molar-refractivity contribution in [2.45, 2.75) is 26.8 Å². The second-order valence-electron chi connectivity index (χ2n) is 7.82. The highest BCUT2D eigenvalue weighted by atomic mass is 16.5. The minimum absolute atomic E-state index is 0.0629. The van der Waals surface area contributed by atoms with Crippen LogP contribution in [0.25, 0.3) is 5.76 Å². The van der Waals surface area contributed by atoms with E-state index in [0.717, 1.165) is 5.56 Å². The van der Waals surface area contributed by atoms with Gasteiger partial charge in [-0.05, 0) is 25.0 Å². The summed E-state index contributed by atoms with van der Waals surface area (Å²) < 4.78 is 10.8. The molecule has 1 atom stereocenters. The molecule has 6 heteroatoms. The van der Waals surface area contributed by atoms with Crippen molar-refractivity contribution in [1.29, 1.82) is 0 Å². The van der Waals surface area contributed by atoms with E-state index in [1.165, 1.54) is 12.0 Å². The lowest BCUT2D eigenvalue weighted by Crippen LogP contribution is -2.33. The van der Waals surface area contributed by atoms with Crippen molar-refractivity contribution in [1.82, 2.24) is 4.90 Å². The Hall–Kier alpha value is -3.28. The minimum Gasteiger partial charge on any atom is -0.507 e. The number of Topliss-reactive ketones (excluding diaryl/α,β-unsaturated/α-hetero) is 1. The van der Waals surface area contributed by atoms with Crippen LogP contribution in [0.1, 0.15) is 36.6 Å². The summed E-state index contributed by atoms with van der Waals surface area (Å²) in [6.07, 6.45) is 0. The van der Waals surface area contributed by atoms with E-state index in [1.54, 1.807) is 37.4 Å². The second-order valence-corrected chi connectivity index (χ2v) is 7.82. The van der Waals surface area contributed by atoms with E-state index in [1.807, 2.05) is 32.9 Å². The van der Waals surface area contributed by atoms with Crippen LogP contribution in [0.2, 0.25) is 0 Å². The van der Waals surface area contributed by atoms with Gasteiger partial charge in [0.05, 0.1) is 25.8 Å². The molecular weight excluding hydrogens is 382 g/mol. The Balaban J connectivity index is 2.24. The number of carbonyl (C=O) groups excluding carboxylic acids is 2. The molecule has 1 heterocycles. The molecule has 30 heavy (non-hydrogen) atoms. The molecule has 0 bridgehead atoms. The van der Waals surface area contributed by atoms with E-state index in [2.05, 4.69) is 0 Å². The zero-order chi connectivity index (χ0) is 22.0. The number of carbonyl (C=O) groups is 2. The summed E-state index contributed by atoms with van der Waals surface area (Å²) in [5.41, 5.74) is 2.19. The van der Waals surface area contributed by atoms with Crippen molar-refractivity contribution >= 4 is 17.4 Å². The molecule has 0 aromatic heterocycles. The van der Waals surface area contributed by atoms with E-state index in [4.69, 9.17) is 9.47 Å². The zero-order valence-electron chi connectivity index (χ0n) is 17.9. The Labute approximate surface area is 176 Å². The van der Waals surface area contributed by atoms with Crippen molar-refractivity contribution in [3.63, 3.8) is 0 Å². The molecule has 2 aromatic rings. The quantitative estimate of drug-likeness (QED) is 0.442. The summed E-state index contributed by atoms with van der Waals surface area (Å²) in [6, 6.07) is 11.6. The molecular formula is C24H27NO5. The molecule has 3 rings (SSSR count).